The Kier molecular flexibility index (Phi) is 7.97. The first-order valence-electron chi connectivity index (χ1n) is 13.1. The number of carbonyl (C=O) groups is 4. The molecule has 4 atom stereocenters. The molecule has 0 aliphatic heterocycles. The van der Waals surface area contributed by atoms with Gasteiger partial charge in [0, 0.05) is 43.4 Å². The standard InChI is InChI=1S/C27H34N4O12/c1-30(2)14-7-11(8-29-25(38)43-9-26(39,40)41)19(32)16-12(14)5-10-6-13-18(31(3)4)21(34)17(24(28)37)23(36)27(13,42)22(35)15(10)20(16)33/h7,10,13,18,32-33,36,39-42H,5-6,8-9H2,1-4H3,(H2,28,37)(H,29,38). The second kappa shape index (κ2) is 10.8. The highest BCUT2D eigenvalue weighted by atomic mass is 16.7. The minimum Gasteiger partial charge on any atom is -0.508 e. The number of ketones is 2. The third-order valence-electron chi connectivity index (χ3n) is 8.08. The van der Waals surface area contributed by atoms with Crippen LogP contribution in [0.15, 0.2) is 23.0 Å². The first-order valence-corrected chi connectivity index (χ1v) is 13.1. The fraction of sp³-hybridized carbons (Fsp3) is 0.481. The summed E-state index contributed by atoms with van der Waals surface area (Å²) in [7, 11) is 6.38. The molecule has 3 aliphatic rings. The van der Waals surface area contributed by atoms with Crippen molar-refractivity contribution < 1.29 is 59.7 Å². The average molecular weight is 607 g/mol. The highest BCUT2D eigenvalue weighted by molar-refractivity contribution is 6.24. The first-order chi connectivity index (χ1) is 19.8. The minimum absolute atomic E-state index is 0.0443. The van der Waals surface area contributed by atoms with E-state index in [4.69, 9.17) is 21.1 Å². The van der Waals surface area contributed by atoms with Crippen LogP contribution >= 0.6 is 0 Å². The van der Waals surface area contributed by atoms with E-state index in [0.717, 1.165) is 0 Å². The summed E-state index contributed by atoms with van der Waals surface area (Å²) in [5.74, 6) is -11.0. The van der Waals surface area contributed by atoms with Crippen molar-refractivity contribution >= 4 is 35.0 Å². The molecule has 4 rings (SSSR count). The maximum atomic E-state index is 14.0. The number of alkyl carbamates (subject to hydrolysis) is 1. The number of ether oxygens (including phenoxy) is 1. The van der Waals surface area contributed by atoms with Crippen molar-refractivity contribution in [2.24, 2.45) is 17.6 Å². The Morgan fingerprint density at radius 3 is 2.30 bits per heavy atom. The Balaban J connectivity index is 1.84. The molecular weight excluding hydrogens is 572 g/mol. The van der Waals surface area contributed by atoms with Crippen LogP contribution in [0.3, 0.4) is 0 Å². The van der Waals surface area contributed by atoms with Crippen molar-refractivity contribution in [3.8, 4) is 5.75 Å². The van der Waals surface area contributed by atoms with Gasteiger partial charge >= 0.3 is 12.1 Å². The SMILES string of the molecule is CN(C)c1cc(CNC(=O)OCC(O)(O)O)c(O)c2c1CC1CC3C(N(C)C)C(=O)C(C(N)=O)=C(O)C3(O)C(=O)C1=C2O. The normalized spacial score (nSPS) is 25.3. The van der Waals surface area contributed by atoms with Crippen molar-refractivity contribution in [2.75, 3.05) is 39.7 Å². The molecule has 0 aromatic heterocycles. The lowest BCUT2D eigenvalue weighted by atomic mass is 9.57. The molecule has 43 heavy (non-hydrogen) atoms. The number of Topliss-reactive ketones (excluding diaryl/α,β-unsaturated/α-hetero) is 2. The van der Waals surface area contributed by atoms with Crippen LogP contribution in [-0.2, 0) is 32.1 Å². The number of rotatable bonds is 7. The third-order valence-corrected chi connectivity index (χ3v) is 8.08. The van der Waals surface area contributed by atoms with Crippen LogP contribution in [0.5, 0.6) is 5.75 Å². The van der Waals surface area contributed by atoms with E-state index < -0.39 is 89.0 Å². The van der Waals surface area contributed by atoms with E-state index >= 15 is 0 Å². The van der Waals surface area contributed by atoms with Crippen molar-refractivity contribution in [3.63, 3.8) is 0 Å². The summed E-state index contributed by atoms with van der Waals surface area (Å²) < 4.78 is 4.48. The van der Waals surface area contributed by atoms with Gasteiger partial charge in [0.2, 0.25) is 5.78 Å². The molecule has 16 nitrogen and oxygen atoms in total. The maximum absolute atomic E-state index is 14.0. The van der Waals surface area contributed by atoms with Gasteiger partial charge in [0.1, 0.15) is 22.8 Å². The molecule has 0 spiro atoms. The van der Waals surface area contributed by atoms with Gasteiger partial charge in [-0.25, -0.2) is 4.79 Å². The van der Waals surface area contributed by atoms with Gasteiger partial charge in [-0.15, -0.1) is 0 Å². The molecule has 1 aromatic rings. The summed E-state index contributed by atoms with van der Waals surface area (Å²) in [6, 6.07) is 0.308. The number of nitrogens with one attached hydrogen (secondary N) is 1. The van der Waals surface area contributed by atoms with Crippen molar-refractivity contribution in [2.45, 2.75) is 37.0 Å². The molecule has 0 bridgehead atoms. The predicted octanol–water partition coefficient (Wildman–Crippen LogP) is -2.11. The monoisotopic (exact) mass is 606 g/mol. The lowest BCUT2D eigenvalue weighted by Gasteiger charge is -2.50. The molecule has 2 amide bonds. The van der Waals surface area contributed by atoms with Gasteiger partial charge in [0.15, 0.2) is 18.0 Å². The van der Waals surface area contributed by atoms with Crippen molar-refractivity contribution in [1.82, 2.24) is 10.2 Å². The Labute approximate surface area is 244 Å². The summed E-state index contributed by atoms with van der Waals surface area (Å²) in [4.78, 5) is 54.4. The van der Waals surface area contributed by atoms with Gasteiger partial charge in [-0.1, -0.05) is 0 Å². The predicted molar refractivity (Wildman–Crippen MR) is 146 cm³/mol. The van der Waals surface area contributed by atoms with Crippen molar-refractivity contribution in [1.29, 1.82) is 0 Å². The number of amides is 2. The van der Waals surface area contributed by atoms with Gasteiger partial charge in [-0.2, -0.15) is 0 Å². The summed E-state index contributed by atoms with van der Waals surface area (Å²) in [5, 5.41) is 74.3. The molecule has 1 fully saturated rings. The molecule has 1 aromatic carbocycles. The van der Waals surface area contributed by atoms with Crippen LogP contribution in [0.4, 0.5) is 10.5 Å². The zero-order valence-corrected chi connectivity index (χ0v) is 23.8. The zero-order chi connectivity index (χ0) is 32.3. The number of fused-ring (bicyclic) bond motifs is 3. The minimum atomic E-state index is -3.26. The van der Waals surface area contributed by atoms with Gasteiger partial charge in [-0.3, -0.25) is 19.3 Å². The Hall–Kier alpha value is -4.22. The van der Waals surface area contributed by atoms with Crippen LogP contribution in [-0.4, -0.2) is 117 Å². The van der Waals surface area contributed by atoms with Gasteiger partial charge in [0.25, 0.3) is 5.91 Å². The Morgan fingerprint density at radius 2 is 1.77 bits per heavy atom. The molecular formula is C27H34N4O12. The van der Waals surface area contributed by atoms with E-state index in [9.17, 15) is 39.6 Å². The van der Waals surface area contributed by atoms with E-state index in [2.05, 4.69) is 10.1 Å². The Morgan fingerprint density at radius 1 is 1.14 bits per heavy atom. The number of benzene rings is 1. The van der Waals surface area contributed by atoms with Gasteiger partial charge in [0.05, 0.1) is 11.6 Å². The number of phenolic OH excluding ortho intramolecular Hbond substituents is 1. The Bertz CT molecular complexity index is 1470. The summed E-state index contributed by atoms with van der Waals surface area (Å²) in [6.45, 7) is -1.57. The number of primary amides is 1. The second-order valence-electron chi connectivity index (χ2n) is 11.3. The zero-order valence-electron chi connectivity index (χ0n) is 23.8. The average Bonchev–Trinajstić information content (AvgIpc) is 2.88. The number of phenols is 1. The number of likely N-dealkylation sites (N-methyl/N-ethyl adjacent to an activating group) is 1. The van der Waals surface area contributed by atoms with E-state index in [-0.39, 0.29) is 29.5 Å². The van der Waals surface area contributed by atoms with Gasteiger partial charge in [-0.05, 0) is 44.5 Å². The van der Waals surface area contributed by atoms with E-state index in [0.29, 0.717) is 11.3 Å². The molecule has 234 valence electrons. The first kappa shape index (κ1) is 31.7. The molecule has 3 aliphatic carbocycles. The number of aromatic hydroxyl groups is 1. The summed E-state index contributed by atoms with van der Waals surface area (Å²) in [5.41, 5.74) is 2.08. The number of aliphatic hydroxyl groups excluding tert-OH is 2. The quantitative estimate of drug-likeness (QED) is 0.119. The number of carbonyl (C=O) groups excluding carboxylic acids is 4. The second-order valence-corrected chi connectivity index (χ2v) is 11.3. The molecule has 10 N–H and O–H groups in total. The highest BCUT2D eigenvalue weighted by Crippen LogP contribution is 2.54. The van der Waals surface area contributed by atoms with Crippen LogP contribution < -0.4 is 16.0 Å². The third kappa shape index (κ3) is 5.16. The number of nitrogens with two attached hydrogens (primary N) is 1. The number of aliphatic hydroxyl groups is 6. The summed E-state index contributed by atoms with van der Waals surface area (Å²) >= 11 is 0. The number of hydrogen-bond acceptors (Lipinski definition) is 14. The molecule has 0 radical (unpaired) electrons. The smallest absolute Gasteiger partial charge is 0.407 e. The van der Waals surface area contributed by atoms with Crippen LogP contribution in [0.25, 0.3) is 5.76 Å². The largest absolute Gasteiger partial charge is 0.508 e. The summed E-state index contributed by atoms with van der Waals surface area (Å²) in [6.07, 6.45) is -1.19. The maximum Gasteiger partial charge on any atom is 0.407 e. The van der Waals surface area contributed by atoms with Gasteiger partial charge < -0.3 is 56.4 Å². The highest BCUT2D eigenvalue weighted by Gasteiger charge is 2.64. The molecule has 1 saturated carbocycles. The molecule has 0 saturated heterocycles. The number of nitrogens with zero attached hydrogens (tertiary/aromatic N) is 2. The van der Waals surface area contributed by atoms with Crippen LogP contribution in [0.1, 0.15) is 23.1 Å². The fourth-order valence-electron chi connectivity index (χ4n) is 6.26. The lowest BCUT2D eigenvalue weighted by molar-refractivity contribution is -0.325. The lowest BCUT2D eigenvalue weighted by Crippen LogP contribution is -2.65. The van der Waals surface area contributed by atoms with Crippen LogP contribution in [0.2, 0.25) is 0 Å². The van der Waals surface area contributed by atoms with E-state index in [1.165, 1.54) is 25.1 Å². The number of anilines is 1. The molecule has 4 unspecified atom stereocenters. The molecule has 16 heteroatoms. The molecule has 0 heterocycles. The number of hydrogen-bond donors (Lipinski definition) is 9. The van der Waals surface area contributed by atoms with Crippen molar-refractivity contribution in [3.05, 3.63) is 39.7 Å². The van der Waals surface area contributed by atoms with E-state index in [1.54, 1.807) is 19.0 Å². The van der Waals surface area contributed by atoms with E-state index in [1.807, 2.05) is 0 Å². The fourth-order valence-corrected chi connectivity index (χ4v) is 6.26. The topological polar surface area (TPSA) is 264 Å². The van der Waals surface area contributed by atoms with Crippen LogP contribution in [0, 0.1) is 11.8 Å².